The maximum Gasteiger partial charge on any atom is 0.199 e. The van der Waals surface area contributed by atoms with Crippen molar-refractivity contribution in [1.29, 1.82) is 5.26 Å². The maximum absolute atomic E-state index is 12.7. The topological polar surface area (TPSA) is 23.8 Å². The second kappa shape index (κ2) is 10.7. The molecule has 0 N–H and O–H groups in total. The van der Waals surface area contributed by atoms with E-state index < -0.39 is 5.83 Å². The van der Waals surface area contributed by atoms with Gasteiger partial charge < -0.3 is 0 Å². The minimum absolute atomic E-state index is 0.577. The van der Waals surface area contributed by atoms with Gasteiger partial charge in [0.05, 0.1) is 0 Å². The lowest BCUT2D eigenvalue weighted by atomic mass is 9.75. The summed E-state index contributed by atoms with van der Waals surface area (Å²) < 4.78 is 12.7. The third-order valence-corrected chi connectivity index (χ3v) is 6.27. The summed E-state index contributed by atoms with van der Waals surface area (Å²) in [6.07, 6.45) is 21.7. The van der Waals surface area contributed by atoms with Crippen molar-refractivity contribution >= 4 is 0 Å². The van der Waals surface area contributed by atoms with Crippen LogP contribution in [0.25, 0.3) is 0 Å². The summed E-state index contributed by atoms with van der Waals surface area (Å²) in [5.74, 6) is 2.81. The van der Waals surface area contributed by atoms with Crippen LogP contribution in [0.3, 0.4) is 0 Å². The molecule has 0 aromatic rings. The van der Waals surface area contributed by atoms with Gasteiger partial charge in [-0.15, -0.1) is 0 Å². The highest BCUT2D eigenvalue weighted by molar-refractivity contribution is 5.19. The first kappa shape index (κ1) is 19.2. The van der Waals surface area contributed by atoms with Crippen LogP contribution in [0.15, 0.2) is 24.1 Å². The first-order valence-electron chi connectivity index (χ1n) is 10.1. The maximum atomic E-state index is 12.7. The summed E-state index contributed by atoms with van der Waals surface area (Å²) in [6.45, 7) is 2.31. The predicted octanol–water partition coefficient (Wildman–Crippen LogP) is 7.11. The van der Waals surface area contributed by atoms with Crippen molar-refractivity contribution in [2.75, 3.05) is 0 Å². The van der Waals surface area contributed by atoms with Crippen LogP contribution in [0, 0.1) is 35.0 Å². The molecule has 2 rings (SSSR count). The van der Waals surface area contributed by atoms with Crippen LogP contribution in [0.5, 0.6) is 0 Å². The Balaban J connectivity index is 1.59. The normalized spacial score (nSPS) is 32.0. The molecule has 2 aliphatic rings. The number of hydrogen-bond acceptors (Lipinski definition) is 1. The van der Waals surface area contributed by atoms with E-state index in [9.17, 15) is 4.39 Å². The molecule has 134 valence electrons. The van der Waals surface area contributed by atoms with Crippen molar-refractivity contribution in [1.82, 2.24) is 0 Å². The molecule has 0 bridgehead atoms. The molecule has 1 nitrogen and oxygen atoms in total. The van der Waals surface area contributed by atoms with Crippen LogP contribution in [0.2, 0.25) is 0 Å². The molecule has 0 aromatic carbocycles. The monoisotopic (exact) mass is 331 g/mol. The van der Waals surface area contributed by atoms with Gasteiger partial charge in [-0.1, -0.05) is 70.4 Å². The molecule has 0 spiro atoms. The SMILES string of the molecule is CCCC1CCC(CCC2CCC(C=CC=C(F)C#N)CC2)CC1. The lowest BCUT2D eigenvalue weighted by Crippen LogP contribution is -2.17. The molecular formula is C22H34FN. The largest absolute Gasteiger partial charge is 0.199 e. The first-order valence-corrected chi connectivity index (χ1v) is 10.1. The van der Waals surface area contributed by atoms with E-state index in [1.165, 1.54) is 89.2 Å². The molecule has 0 saturated heterocycles. The predicted molar refractivity (Wildman–Crippen MR) is 99.0 cm³/mol. The number of rotatable bonds is 7. The van der Waals surface area contributed by atoms with Crippen molar-refractivity contribution < 1.29 is 4.39 Å². The molecule has 2 heteroatoms. The lowest BCUT2D eigenvalue weighted by Gasteiger charge is -2.31. The van der Waals surface area contributed by atoms with Crippen LogP contribution in [-0.4, -0.2) is 0 Å². The van der Waals surface area contributed by atoms with Crippen molar-refractivity contribution in [2.45, 2.75) is 84.0 Å². The molecule has 0 radical (unpaired) electrons. The first-order chi connectivity index (χ1) is 11.7. The second-order valence-electron chi connectivity index (χ2n) is 8.04. The van der Waals surface area contributed by atoms with Gasteiger partial charge in [0.2, 0.25) is 0 Å². The Morgan fingerprint density at radius 3 is 1.92 bits per heavy atom. The van der Waals surface area contributed by atoms with Gasteiger partial charge in [0.1, 0.15) is 6.07 Å². The molecule has 0 aliphatic heterocycles. The quantitative estimate of drug-likeness (QED) is 0.360. The van der Waals surface area contributed by atoms with Crippen LogP contribution in [-0.2, 0) is 0 Å². The Hall–Kier alpha value is -1.10. The van der Waals surface area contributed by atoms with Crippen molar-refractivity contribution in [3.05, 3.63) is 24.1 Å². The average molecular weight is 332 g/mol. The van der Waals surface area contributed by atoms with Crippen LogP contribution < -0.4 is 0 Å². The molecule has 0 unspecified atom stereocenters. The van der Waals surface area contributed by atoms with Gasteiger partial charge in [0.15, 0.2) is 5.83 Å². The van der Waals surface area contributed by atoms with E-state index in [2.05, 4.69) is 13.0 Å². The third kappa shape index (κ3) is 6.80. The standard InChI is InChI=1S/C22H34FN/c1-2-4-18-7-11-20(12-8-18)15-16-21-13-9-19(10-14-21)5-3-6-22(23)17-24/h3,5-6,18-21H,2,4,7-16H2,1H3. The van der Waals surface area contributed by atoms with E-state index in [0.717, 1.165) is 17.8 Å². The number of nitriles is 1. The molecule has 0 amide bonds. The van der Waals surface area contributed by atoms with E-state index >= 15 is 0 Å². The van der Waals surface area contributed by atoms with Crippen LogP contribution in [0.1, 0.15) is 84.0 Å². The molecule has 0 heterocycles. The number of nitrogens with zero attached hydrogens (tertiary/aromatic N) is 1. The Labute approximate surface area is 148 Å². The Bertz CT molecular complexity index is 443. The Morgan fingerprint density at radius 1 is 0.917 bits per heavy atom. The fraction of sp³-hybridized carbons (Fsp3) is 0.773. The molecule has 0 aromatic heterocycles. The Kier molecular flexibility index (Phi) is 8.57. The van der Waals surface area contributed by atoms with E-state index in [-0.39, 0.29) is 0 Å². The third-order valence-electron chi connectivity index (χ3n) is 6.27. The van der Waals surface area contributed by atoms with Gasteiger partial charge in [-0.2, -0.15) is 9.65 Å². The number of halogens is 1. The molecule has 2 aliphatic carbocycles. The van der Waals surface area contributed by atoms with Crippen LogP contribution >= 0.6 is 0 Å². The molecule has 2 saturated carbocycles. The summed E-state index contributed by atoms with van der Waals surface area (Å²) in [5.41, 5.74) is 0. The van der Waals surface area contributed by atoms with E-state index in [4.69, 9.17) is 5.26 Å². The summed E-state index contributed by atoms with van der Waals surface area (Å²) >= 11 is 0. The van der Waals surface area contributed by atoms with Crippen LogP contribution in [0.4, 0.5) is 4.39 Å². The molecule has 0 atom stereocenters. The van der Waals surface area contributed by atoms with E-state index in [0.29, 0.717) is 5.92 Å². The van der Waals surface area contributed by atoms with Gasteiger partial charge >= 0.3 is 0 Å². The zero-order chi connectivity index (χ0) is 17.2. The van der Waals surface area contributed by atoms with Crippen molar-refractivity contribution in [2.24, 2.45) is 23.7 Å². The zero-order valence-electron chi connectivity index (χ0n) is 15.4. The zero-order valence-corrected chi connectivity index (χ0v) is 15.4. The minimum Gasteiger partial charge on any atom is -0.195 e. The number of allylic oxidation sites excluding steroid dienone is 4. The fourth-order valence-electron chi connectivity index (χ4n) is 4.69. The average Bonchev–Trinajstić information content (AvgIpc) is 2.62. The van der Waals surface area contributed by atoms with Gasteiger partial charge in [-0.25, -0.2) is 0 Å². The Morgan fingerprint density at radius 2 is 1.42 bits per heavy atom. The summed E-state index contributed by atoms with van der Waals surface area (Å²) in [4.78, 5) is 0. The van der Waals surface area contributed by atoms with Gasteiger partial charge in [0.25, 0.3) is 0 Å². The lowest BCUT2D eigenvalue weighted by molar-refractivity contribution is 0.221. The highest BCUT2D eigenvalue weighted by atomic mass is 19.1. The smallest absolute Gasteiger partial charge is 0.195 e. The summed E-state index contributed by atoms with van der Waals surface area (Å²) in [7, 11) is 0. The fourth-order valence-corrected chi connectivity index (χ4v) is 4.69. The van der Waals surface area contributed by atoms with Crippen molar-refractivity contribution in [3.8, 4) is 6.07 Å². The summed E-state index contributed by atoms with van der Waals surface area (Å²) in [5, 5.41) is 8.39. The second-order valence-corrected chi connectivity index (χ2v) is 8.04. The number of hydrogen-bond donors (Lipinski definition) is 0. The van der Waals surface area contributed by atoms with E-state index in [1.54, 1.807) is 6.08 Å². The summed E-state index contributed by atoms with van der Waals surface area (Å²) in [6, 6.07) is 1.51. The minimum atomic E-state index is -0.700. The molecule has 24 heavy (non-hydrogen) atoms. The highest BCUT2D eigenvalue weighted by Crippen LogP contribution is 2.37. The van der Waals surface area contributed by atoms with Gasteiger partial charge in [-0.05, 0) is 55.4 Å². The molecule has 2 fully saturated rings. The van der Waals surface area contributed by atoms with Gasteiger partial charge in [-0.3, -0.25) is 0 Å². The van der Waals surface area contributed by atoms with Gasteiger partial charge in [0, 0.05) is 0 Å². The van der Waals surface area contributed by atoms with E-state index in [1.807, 2.05) is 0 Å². The molecular weight excluding hydrogens is 297 g/mol. The highest BCUT2D eigenvalue weighted by Gasteiger charge is 2.23. The van der Waals surface area contributed by atoms with Crippen molar-refractivity contribution in [3.63, 3.8) is 0 Å².